The maximum Gasteiger partial charge on any atom is 0.0923 e. The molecule has 0 N–H and O–H groups in total. The Balaban J connectivity index is 1.53. The molecule has 1 aliphatic rings. The van der Waals surface area contributed by atoms with Gasteiger partial charge in [0.2, 0.25) is 0 Å². The molecule has 2 nitrogen and oxygen atoms in total. The molecule has 27 heavy (non-hydrogen) atoms. The van der Waals surface area contributed by atoms with Crippen LogP contribution in [0.25, 0.3) is 9.75 Å². The van der Waals surface area contributed by atoms with E-state index < -0.39 is 0 Å². The number of nitrogens with zero attached hydrogens (tertiary/aromatic N) is 2. The van der Waals surface area contributed by atoms with Gasteiger partial charge in [0.1, 0.15) is 0 Å². The summed E-state index contributed by atoms with van der Waals surface area (Å²) in [5, 5.41) is 9.34. The van der Waals surface area contributed by atoms with Crippen molar-refractivity contribution in [3.8, 4) is 9.75 Å². The Morgan fingerprint density at radius 1 is 0.778 bits per heavy atom. The molecule has 2 aromatic heterocycles. The highest BCUT2D eigenvalue weighted by Crippen LogP contribution is 2.42. The first-order valence-electron chi connectivity index (χ1n) is 8.99. The predicted molar refractivity (Wildman–Crippen MR) is 117 cm³/mol. The second-order valence-electron chi connectivity index (χ2n) is 6.49. The fraction of sp³-hybridized carbons (Fsp3) is 0.0870. The first kappa shape index (κ1) is 16.5. The largest absolute Gasteiger partial charge is 0.257 e. The maximum absolute atomic E-state index is 5.02. The molecule has 4 aromatic rings. The van der Waals surface area contributed by atoms with Gasteiger partial charge in [-0.2, -0.15) is 5.10 Å². The minimum absolute atomic E-state index is 0.237. The number of rotatable bonds is 4. The minimum atomic E-state index is 0.237. The van der Waals surface area contributed by atoms with Gasteiger partial charge in [0.05, 0.1) is 17.4 Å². The highest BCUT2D eigenvalue weighted by molar-refractivity contribution is 7.21. The number of benzene rings is 2. The van der Waals surface area contributed by atoms with E-state index in [0.717, 1.165) is 17.8 Å². The molecule has 1 aliphatic heterocycles. The number of hydrazone groups is 1. The summed E-state index contributed by atoms with van der Waals surface area (Å²) in [6.45, 7) is 0. The van der Waals surface area contributed by atoms with Crippen LogP contribution in [0.15, 0.2) is 95.4 Å². The SMILES string of the molecule is c1ccc(C2=NN(c3ccccc3)[C@H](c3ccc(-c4cccs4)s3)C2)cc1. The summed E-state index contributed by atoms with van der Waals surface area (Å²) < 4.78 is 0. The average Bonchev–Trinajstić information content (AvgIpc) is 3.49. The summed E-state index contributed by atoms with van der Waals surface area (Å²) in [6.07, 6.45) is 0.920. The Kier molecular flexibility index (Phi) is 4.36. The first-order chi connectivity index (χ1) is 13.4. The van der Waals surface area contributed by atoms with Gasteiger partial charge in [0.15, 0.2) is 0 Å². The zero-order chi connectivity index (χ0) is 18.1. The van der Waals surface area contributed by atoms with E-state index in [1.165, 1.54) is 20.2 Å². The molecular weight excluding hydrogens is 368 g/mol. The molecule has 1 atom stereocenters. The molecule has 0 amide bonds. The van der Waals surface area contributed by atoms with E-state index in [4.69, 9.17) is 5.10 Å². The van der Waals surface area contributed by atoms with Gasteiger partial charge in [0, 0.05) is 21.1 Å². The highest BCUT2D eigenvalue weighted by atomic mass is 32.1. The van der Waals surface area contributed by atoms with E-state index in [1.807, 2.05) is 11.3 Å². The normalized spacial score (nSPS) is 16.5. The molecule has 0 saturated carbocycles. The highest BCUT2D eigenvalue weighted by Gasteiger charge is 2.31. The minimum Gasteiger partial charge on any atom is -0.257 e. The summed E-state index contributed by atoms with van der Waals surface area (Å²) in [6, 6.07) is 30.0. The Bertz CT molecular complexity index is 1050. The van der Waals surface area contributed by atoms with E-state index >= 15 is 0 Å². The summed E-state index contributed by atoms with van der Waals surface area (Å²) in [5.41, 5.74) is 3.49. The lowest BCUT2D eigenvalue weighted by Gasteiger charge is -2.22. The maximum atomic E-state index is 5.02. The van der Waals surface area contributed by atoms with Crippen LogP contribution in [0.3, 0.4) is 0 Å². The van der Waals surface area contributed by atoms with Crippen molar-refractivity contribution < 1.29 is 0 Å². The van der Waals surface area contributed by atoms with Crippen LogP contribution in [-0.2, 0) is 0 Å². The van der Waals surface area contributed by atoms with Crippen molar-refractivity contribution in [3.63, 3.8) is 0 Å². The molecule has 0 saturated heterocycles. The summed E-state index contributed by atoms with van der Waals surface area (Å²) >= 11 is 3.67. The third kappa shape index (κ3) is 3.22. The molecule has 0 fully saturated rings. The second kappa shape index (κ2) is 7.14. The van der Waals surface area contributed by atoms with Crippen LogP contribution in [0, 0.1) is 0 Å². The van der Waals surface area contributed by atoms with Gasteiger partial charge in [0.25, 0.3) is 0 Å². The molecule has 5 rings (SSSR count). The lowest BCUT2D eigenvalue weighted by molar-refractivity contribution is 0.722. The number of para-hydroxylation sites is 1. The van der Waals surface area contributed by atoms with E-state index in [0.29, 0.717) is 0 Å². The topological polar surface area (TPSA) is 15.6 Å². The zero-order valence-corrected chi connectivity index (χ0v) is 16.3. The number of anilines is 1. The fourth-order valence-corrected chi connectivity index (χ4v) is 5.37. The van der Waals surface area contributed by atoms with Crippen molar-refractivity contribution in [1.29, 1.82) is 0 Å². The van der Waals surface area contributed by atoms with Gasteiger partial charge in [-0.15, -0.1) is 22.7 Å². The Morgan fingerprint density at radius 2 is 1.56 bits per heavy atom. The standard InChI is InChI=1S/C23H18N2S2/c1-3-8-17(9-4-1)19-16-20(25(24-19)18-10-5-2-6-11-18)21-13-14-23(27-21)22-12-7-15-26-22/h1-15,20H,16H2/t20-/m0/s1. The Hall–Kier alpha value is -2.69. The van der Waals surface area contributed by atoms with Gasteiger partial charge in [-0.1, -0.05) is 54.6 Å². The van der Waals surface area contributed by atoms with Crippen molar-refractivity contribution in [3.05, 3.63) is 101 Å². The van der Waals surface area contributed by atoms with E-state index in [9.17, 15) is 0 Å². The quantitative estimate of drug-likeness (QED) is 0.375. The van der Waals surface area contributed by atoms with Crippen LogP contribution < -0.4 is 5.01 Å². The van der Waals surface area contributed by atoms with Crippen molar-refractivity contribution in [2.45, 2.75) is 12.5 Å². The van der Waals surface area contributed by atoms with Crippen molar-refractivity contribution in [2.24, 2.45) is 5.10 Å². The second-order valence-corrected chi connectivity index (χ2v) is 8.56. The summed E-state index contributed by atoms with van der Waals surface area (Å²) in [5.74, 6) is 0. The molecule has 2 aromatic carbocycles. The van der Waals surface area contributed by atoms with Crippen LogP contribution >= 0.6 is 22.7 Å². The van der Waals surface area contributed by atoms with Crippen LogP contribution in [0.1, 0.15) is 22.9 Å². The van der Waals surface area contributed by atoms with E-state index in [1.54, 1.807) is 11.3 Å². The molecular formula is C23H18N2S2. The molecule has 0 bridgehead atoms. The lowest BCUT2D eigenvalue weighted by Crippen LogP contribution is -2.17. The summed E-state index contributed by atoms with van der Waals surface area (Å²) in [4.78, 5) is 4.03. The van der Waals surface area contributed by atoms with E-state index in [2.05, 4.69) is 95.3 Å². The molecule has 0 aliphatic carbocycles. The number of hydrogen-bond acceptors (Lipinski definition) is 4. The summed E-state index contributed by atoms with van der Waals surface area (Å²) in [7, 11) is 0. The van der Waals surface area contributed by atoms with Crippen LogP contribution in [-0.4, -0.2) is 5.71 Å². The van der Waals surface area contributed by atoms with Crippen molar-refractivity contribution in [2.75, 3.05) is 5.01 Å². The fourth-order valence-electron chi connectivity index (χ4n) is 3.44. The number of hydrogen-bond donors (Lipinski definition) is 0. The first-order valence-corrected chi connectivity index (χ1v) is 10.7. The van der Waals surface area contributed by atoms with Crippen molar-refractivity contribution >= 4 is 34.1 Å². The Morgan fingerprint density at radius 3 is 2.30 bits per heavy atom. The third-order valence-electron chi connectivity index (χ3n) is 4.76. The van der Waals surface area contributed by atoms with Gasteiger partial charge >= 0.3 is 0 Å². The molecule has 132 valence electrons. The van der Waals surface area contributed by atoms with Crippen LogP contribution in [0.4, 0.5) is 5.69 Å². The third-order valence-corrected chi connectivity index (χ3v) is 7.01. The molecule has 0 spiro atoms. The molecule has 0 unspecified atom stereocenters. The smallest absolute Gasteiger partial charge is 0.0923 e. The number of thiophene rings is 2. The average molecular weight is 387 g/mol. The van der Waals surface area contributed by atoms with Gasteiger partial charge in [-0.3, -0.25) is 5.01 Å². The molecule has 0 radical (unpaired) electrons. The van der Waals surface area contributed by atoms with Gasteiger partial charge < -0.3 is 0 Å². The van der Waals surface area contributed by atoms with Crippen LogP contribution in [0.5, 0.6) is 0 Å². The zero-order valence-electron chi connectivity index (χ0n) is 14.7. The van der Waals surface area contributed by atoms with Gasteiger partial charge in [-0.25, -0.2) is 0 Å². The van der Waals surface area contributed by atoms with Crippen molar-refractivity contribution in [1.82, 2.24) is 0 Å². The Labute approximate surface area is 167 Å². The molecule has 4 heteroatoms. The monoisotopic (exact) mass is 386 g/mol. The molecule has 3 heterocycles. The predicted octanol–water partition coefficient (Wildman–Crippen LogP) is 6.83. The van der Waals surface area contributed by atoms with Gasteiger partial charge in [-0.05, 0) is 41.3 Å². The lowest BCUT2D eigenvalue weighted by atomic mass is 10.0. The van der Waals surface area contributed by atoms with Crippen LogP contribution in [0.2, 0.25) is 0 Å². The van der Waals surface area contributed by atoms with E-state index in [-0.39, 0.29) is 6.04 Å².